The van der Waals surface area contributed by atoms with Crippen LogP contribution in [0.1, 0.15) is 63.3 Å². The summed E-state index contributed by atoms with van der Waals surface area (Å²) in [7, 11) is 1.84. The summed E-state index contributed by atoms with van der Waals surface area (Å²) in [5, 5.41) is 46.7. The molecule has 0 spiro atoms. The number of hydrogen-bond acceptors (Lipinski definition) is 10. The predicted molar refractivity (Wildman–Crippen MR) is 195 cm³/mol. The van der Waals surface area contributed by atoms with E-state index in [1.165, 1.54) is 5.56 Å². The van der Waals surface area contributed by atoms with Gasteiger partial charge in [0.25, 0.3) is 0 Å². The molecular weight excluding hydrogens is 660 g/mol. The van der Waals surface area contributed by atoms with Gasteiger partial charge in [-0.25, -0.2) is 0 Å². The maximum Gasteiger partial charge on any atom is 0.161 e. The van der Waals surface area contributed by atoms with Crippen LogP contribution in [0.4, 0.5) is 0 Å². The number of phenolic OH excluding ortho intramolecular Hbond substituents is 2. The number of aromatic hydroxyl groups is 2. The molecule has 0 radical (unpaired) electrons. The van der Waals surface area contributed by atoms with Crippen LogP contribution in [-0.4, -0.2) is 72.8 Å². The first kappa shape index (κ1) is 33.0. The SMILES string of the molecule is CNCOC1Cc2c3c(c4c(c2OC1c1ccc(O)c(OCCO)c1)CCC(CO)O4)-c1ccc(O)c2c1C(C3)C(c1ccc3c(c1)=CCN=3)C=C2. The first-order valence-corrected chi connectivity index (χ1v) is 18.1. The van der Waals surface area contributed by atoms with Gasteiger partial charge in [0.2, 0.25) is 0 Å². The van der Waals surface area contributed by atoms with Crippen molar-refractivity contribution in [2.75, 3.05) is 40.1 Å². The maximum atomic E-state index is 11.2. The Kier molecular flexibility index (Phi) is 8.42. The third-order valence-corrected chi connectivity index (χ3v) is 11.3. The van der Waals surface area contributed by atoms with Gasteiger partial charge in [-0.3, -0.25) is 10.3 Å². The topological polar surface area (TPSA) is 142 Å². The lowest BCUT2D eigenvalue weighted by molar-refractivity contribution is -0.0436. The van der Waals surface area contributed by atoms with Crippen LogP contribution in [0.3, 0.4) is 0 Å². The van der Waals surface area contributed by atoms with Crippen LogP contribution in [0.25, 0.3) is 23.3 Å². The molecule has 4 aromatic carbocycles. The van der Waals surface area contributed by atoms with E-state index in [0.717, 1.165) is 66.6 Å². The zero-order valence-corrected chi connectivity index (χ0v) is 29.0. The van der Waals surface area contributed by atoms with Crippen LogP contribution in [0.15, 0.2) is 59.6 Å². The molecule has 0 fully saturated rings. The number of ether oxygens (including phenoxy) is 4. The highest BCUT2D eigenvalue weighted by Crippen LogP contribution is 2.59. The molecule has 10 nitrogen and oxygen atoms in total. The number of aliphatic hydroxyl groups excluding tert-OH is 2. The zero-order chi connectivity index (χ0) is 35.5. The lowest BCUT2D eigenvalue weighted by Gasteiger charge is -2.43. The summed E-state index contributed by atoms with van der Waals surface area (Å²) in [6, 6.07) is 15.5. The van der Waals surface area contributed by atoms with Crippen molar-refractivity contribution in [3.8, 4) is 39.9 Å². The molecule has 0 amide bonds. The van der Waals surface area contributed by atoms with Crippen LogP contribution < -0.4 is 30.1 Å². The van der Waals surface area contributed by atoms with Crippen molar-refractivity contribution >= 4 is 12.2 Å². The van der Waals surface area contributed by atoms with Crippen molar-refractivity contribution in [2.45, 2.75) is 55.8 Å². The quantitative estimate of drug-likeness (QED) is 0.164. The second-order valence-corrected chi connectivity index (χ2v) is 14.2. The fourth-order valence-electron chi connectivity index (χ4n) is 8.91. The minimum atomic E-state index is -0.534. The van der Waals surface area contributed by atoms with Crippen molar-refractivity contribution in [1.82, 2.24) is 5.32 Å². The number of nitrogens with one attached hydrogen (secondary N) is 1. The number of hydrogen-bond donors (Lipinski definition) is 5. The number of benzene rings is 4. The highest BCUT2D eigenvalue weighted by molar-refractivity contribution is 5.88. The Morgan fingerprint density at radius 3 is 2.63 bits per heavy atom. The Morgan fingerprint density at radius 2 is 1.79 bits per heavy atom. The minimum absolute atomic E-state index is 0.0215. The predicted octanol–water partition coefficient (Wildman–Crippen LogP) is 3.92. The van der Waals surface area contributed by atoms with Gasteiger partial charge in [0.1, 0.15) is 36.1 Å². The molecule has 5 aliphatic rings. The van der Waals surface area contributed by atoms with Crippen molar-refractivity contribution < 1.29 is 39.4 Å². The monoisotopic (exact) mass is 702 g/mol. The molecule has 5 N–H and O–H groups in total. The molecule has 0 saturated heterocycles. The second-order valence-electron chi connectivity index (χ2n) is 14.2. The molecule has 9 rings (SSSR count). The molecule has 5 atom stereocenters. The summed E-state index contributed by atoms with van der Waals surface area (Å²) in [4.78, 5) is 4.61. The van der Waals surface area contributed by atoms with Gasteiger partial charge in [-0.15, -0.1) is 0 Å². The fourth-order valence-corrected chi connectivity index (χ4v) is 8.91. The maximum absolute atomic E-state index is 11.2. The number of aliphatic hydroxyl groups is 2. The number of rotatable bonds is 9. The van der Waals surface area contributed by atoms with Gasteiger partial charge in [0.05, 0.1) is 31.8 Å². The van der Waals surface area contributed by atoms with Crippen LogP contribution >= 0.6 is 0 Å². The number of allylic oxidation sites excluding steroid dienone is 1. The second kappa shape index (κ2) is 13.3. The van der Waals surface area contributed by atoms with Crippen molar-refractivity contribution in [3.05, 3.63) is 104 Å². The van der Waals surface area contributed by atoms with E-state index in [-0.39, 0.29) is 61.1 Å². The van der Waals surface area contributed by atoms with E-state index in [4.69, 9.17) is 18.9 Å². The number of phenols is 2. The zero-order valence-electron chi connectivity index (χ0n) is 29.0. The average molecular weight is 703 g/mol. The van der Waals surface area contributed by atoms with Crippen molar-refractivity contribution in [1.29, 1.82) is 0 Å². The molecule has 2 aliphatic carbocycles. The van der Waals surface area contributed by atoms with E-state index in [2.05, 4.69) is 46.7 Å². The molecule has 5 unspecified atom stereocenters. The van der Waals surface area contributed by atoms with E-state index in [0.29, 0.717) is 39.0 Å². The minimum Gasteiger partial charge on any atom is -0.507 e. The lowest BCUT2D eigenvalue weighted by Crippen LogP contribution is -2.37. The summed E-state index contributed by atoms with van der Waals surface area (Å²) in [6.07, 6.45) is 7.74. The van der Waals surface area contributed by atoms with Crippen LogP contribution in [0.2, 0.25) is 0 Å². The third kappa shape index (κ3) is 5.35. The molecule has 3 aliphatic heterocycles. The Bertz CT molecular complexity index is 2230. The van der Waals surface area contributed by atoms with Gasteiger partial charge in [-0.05, 0) is 95.6 Å². The van der Waals surface area contributed by atoms with Crippen molar-refractivity contribution in [2.24, 2.45) is 4.99 Å². The summed E-state index contributed by atoms with van der Waals surface area (Å²) in [5.74, 6) is 2.10. The smallest absolute Gasteiger partial charge is 0.161 e. The summed E-state index contributed by atoms with van der Waals surface area (Å²) in [6.45, 7) is 0.775. The van der Waals surface area contributed by atoms with Gasteiger partial charge in [0, 0.05) is 34.6 Å². The lowest BCUT2D eigenvalue weighted by atomic mass is 9.65. The van der Waals surface area contributed by atoms with E-state index in [9.17, 15) is 20.4 Å². The highest BCUT2D eigenvalue weighted by Gasteiger charge is 2.44. The molecule has 0 aromatic heterocycles. The first-order chi connectivity index (χ1) is 25.5. The van der Waals surface area contributed by atoms with E-state index in [1.54, 1.807) is 18.2 Å². The van der Waals surface area contributed by atoms with Gasteiger partial charge in [0.15, 0.2) is 17.6 Å². The number of nitrogens with zero attached hydrogens (tertiary/aromatic N) is 1. The first-order valence-electron chi connectivity index (χ1n) is 18.1. The van der Waals surface area contributed by atoms with E-state index >= 15 is 0 Å². The molecule has 0 saturated carbocycles. The molecular formula is C42H42N2O8. The van der Waals surface area contributed by atoms with Crippen LogP contribution in [0, 0.1) is 0 Å². The summed E-state index contributed by atoms with van der Waals surface area (Å²) >= 11 is 0. The Hall–Kier alpha value is -4.87. The van der Waals surface area contributed by atoms with Crippen LogP contribution in [-0.2, 0) is 24.0 Å². The Morgan fingerprint density at radius 1 is 0.923 bits per heavy atom. The van der Waals surface area contributed by atoms with Crippen molar-refractivity contribution in [3.63, 3.8) is 0 Å². The number of fused-ring (bicyclic) bond motifs is 8. The molecule has 3 heterocycles. The van der Waals surface area contributed by atoms with Gasteiger partial charge in [-0.2, -0.15) is 0 Å². The standard InChI is InChI=1S/C42H42N2O8/c1-43-21-50-37-19-32-31-18-30-26(22-2-9-33-23(16-22)12-13-44-33)6-7-27-34(47)11-8-28(38(27)30)39(31)42-29(5-4-25(20-46)51-42)41(32)52-40(37)24-3-10-35(48)36(17-24)49-15-14-45/h2-3,6-12,16-17,25-26,30,37,40,43,45-48H,4-5,13-15,18-21H2,1H3. The van der Waals surface area contributed by atoms with E-state index < -0.39 is 6.10 Å². The van der Waals surface area contributed by atoms with Gasteiger partial charge >= 0.3 is 0 Å². The Labute approximate surface area is 301 Å². The van der Waals surface area contributed by atoms with Crippen LogP contribution in [0.5, 0.6) is 28.7 Å². The normalized spacial score (nSPS) is 23.1. The van der Waals surface area contributed by atoms with Gasteiger partial charge in [-0.1, -0.05) is 36.4 Å². The molecule has 10 heteroatoms. The Balaban J connectivity index is 1.23. The molecule has 52 heavy (non-hydrogen) atoms. The average Bonchev–Trinajstić information content (AvgIpc) is 3.65. The summed E-state index contributed by atoms with van der Waals surface area (Å²) < 4.78 is 25.9. The summed E-state index contributed by atoms with van der Waals surface area (Å²) in [5.41, 5.74) is 9.17. The molecule has 4 aromatic rings. The van der Waals surface area contributed by atoms with E-state index in [1.807, 2.05) is 19.2 Å². The fraction of sp³-hybridized carbons (Fsp3) is 0.357. The molecule has 0 bridgehead atoms. The largest absolute Gasteiger partial charge is 0.507 e. The molecule has 268 valence electrons. The van der Waals surface area contributed by atoms with Gasteiger partial charge < -0.3 is 39.4 Å². The third-order valence-electron chi connectivity index (χ3n) is 11.3. The highest BCUT2D eigenvalue weighted by atomic mass is 16.6.